The lowest BCUT2D eigenvalue weighted by molar-refractivity contribution is 0.0487. The first-order valence-electron chi connectivity index (χ1n) is 8.27. The number of hydrogen-bond donors (Lipinski definition) is 1. The lowest BCUT2D eigenvalue weighted by Gasteiger charge is -2.34. The molecule has 1 N–H and O–H groups in total. The molecule has 0 saturated heterocycles. The normalized spacial score (nSPS) is 14.7. The maximum Gasteiger partial charge on any atom is 0.408 e. The van der Waals surface area contributed by atoms with E-state index in [0.29, 0.717) is 0 Å². The quantitative estimate of drug-likeness (QED) is 0.877. The van der Waals surface area contributed by atoms with Crippen LogP contribution in [0, 0.1) is 11.3 Å². The number of nitriles is 1. The van der Waals surface area contributed by atoms with Crippen molar-refractivity contribution in [1.29, 1.82) is 5.26 Å². The highest BCUT2D eigenvalue weighted by atomic mass is 16.6. The largest absolute Gasteiger partial charge is 0.444 e. The zero-order chi connectivity index (χ0) is 18.5. The Balaban J connectivity index is 2.44. The predicted molar refractivity (Wildman–Crippen MR) is 98.0 cm³/mol. The SMILES string of the molecule is CC(C)(C)OC(=O)N[C@@H](c1ccccc1)[C@](C)(C#N)c1ccccc1. The number of ether oxygens (including phenoxy) is 1. The highest BCUT2D eigenvalue weighted by Crippen LogP contribution is 2.37. The predicted octanol–water partition coefficient (Wildman–Crippen LogP) is 4.73. The summed E-state index contributed by atoms with van der Waals surface area (Å²) in [6.07, 6.45) is -0.543. The third kappa shape index (κ3) is 4.60. The van der Waals surface area contributed by atoms with Gasteiger partial charge in [-0.3, -0.25) is 0 Å². The van der Waals surface area contributed by atoms with E-state index < -0.39 is 23.2 Å². The van der Waals surface area contributed by atoms with Crippen LogP contribution in [0.15, 0.2) is 60.7 Å². The van der Waals surface area contributed by atoms with Gasteiger partial charge in [0.05, 0.1) is 12.1 Å². The van der Waals surface area contributed by atoms with Crippen molar-refractivity contribution in [3.63, 3.8) is 0 Å². The average Bonchev–Trinajstić information content (AvgIpc) is 2.59. The Morgan fingerprint density at radius 3 is 2.00 bits per heavy atom. The minimum Gasteiger partial charge on any atom is -0.444 e. The van der Waals surface area contributed by atoms with E-state index in [0.717, 1.165) is 11.1 Å². The van der Waals surface area contributed by atoms with Gasteiger partial charge in [0, 0.05) is 0 Å². The molecule has 0 spiro atoms. The molecule has 0 unspecified atom stereocenters. The fraction of sp³-hybridized carbons (Fsp3) is 0.333. The Bertz CT molecular complexity index is 745. The maximum atomic E-state index is 12.4. The molecule has 0 radical (unpaired) electrons. The maximum absolute atomic E-state index is 12.4. The van der Waals surface area contributed by atoms with Crippen LogP contribution in [0.5, 0.6) is 0 Å². The van der Waals surface area contributed by atoms with E-state index in [1.807, 2.05) is 88.4 Å². The topological polar surface area (TPSA) is 62.1 Å². The Hall–Kier alpha value is -2.80. The zero-order valence-electron chi connectivity index (χ0n) is 15.1. The number of amides is 1. The molecule has 0 aliphatic rings. The van der Waals surface area contributed by atoms with Gasteiger partial charge in [-0.25, -0.2) is 4.79 Å². The number of nitrogens with zero attached hydrogens (tertiary/aromatic N) is 1. The number of rotatable bonds is 4. The molecule has 0 aliphatic carbocycles. The zero-order valence-corrected chi connectivity index (χ0v) is 15.1. The Morgan fingerprint density at radius 2 is 1.52 bits per heavy atom. The summed E-state index contributed by atoms with van der Waals surface area (Å²) in [5.41, 5.74) is 0.129. The van der Waals surface area contributed by atoms with Crippen LogP contribution in [-0.2, 0) is 10.2 Å². The summed E-state index contributed by atoms with van der Waals surface area (Å²) in [6.45, 7) is 7.26. The lowest BCUT2D eigenvalue weighted by atomic mass is 9.74. The van der Waals surface area contributed by atoms with Crippen LogP contribution in [0.4, 0.5) is 4.79 Å². The smallest absolute Gasteiger partial charge is 0.408 e. The second kappa shape index (κ2) is 7.40. The summed E-state index contributed by atoms with van der Waals surface area (Å²) in [4.78, 5) is 12.4. The van der Waals surface area contributed by atoms with Crippen LogP contribution in [-0.4, -0.2) is 11.7 Å². The summed E-state index contributed by atoms with van der Waals surface area (Å²) in [5, 5.41) is 12.9. The molecule has 0 saturated carbocycles. The highest BCUT2D eigenvalue weighted by molar-refractivity contribution is 5.69. The van der Waals surface area contributed by atoms with Crippen molar-refractivity contribution in [2.45, 2.75) is 44.8 Å². The van der Waals surface area contributed by atoms with Crippen molar-refractivity contribution in [3.8, 4) is 6.07 Å². The molecule has 4 nitrogen and oxygen atoms in total. The molecule has 2 aromatic carbocycles. The van der Waals surface area contributed by atoms with Gasteiger partial charge in [0.25, 0.3) is 0 Å². The number of alkyl carbamates (subject to hydrolysis) is 1. The van der Waals surface area contributed by atoms with E-state index in [2.05, 4.69) is 11.4 Å². The standard InChI is InChI=1S/C21H24N2O2/c1-20(2,3)25-19(24)23-18(16-11-7-5-8-12-16)21(4,15-22)17-13-9-6-10-14-17/h5-14,18H,1-4H3,(H,23,24)/t18-,21+/m0/s1. The van der Waals surface area contributed by atoms with Crippen molar-refractivity contribution in [1.82, 2.24) is 5.32 Å². The highest BCUT2D eigenvalue weighted by Gasteiger charge is 2.39. The molecule has 2 atom stereocenters. The van der Waals surface area contributed by atoms with Gasteiger partial charge in [0.2, 0.25) is 0 Å². The molecule has 1 amide bonds. The number of hydrogen-bond acceptors (Lipinski definition) is 3. The van der Waals surface area contributed by atoms with E-state index in [4.69, 9.17) is 4.74 Å². The molecule has 2 rings (SSSR count). The summed E-state index contributed by atoms with van der Waals surface area (Å²) in [7, 11) is 0. The van der Waals surface area contributed by atoms with E-state index in [1.54, 1.807) is 0 Å². The van der Waals surface area contributed by atoms with Gasteiger partial charge >= 0.3 is 6.09 Å². The van der Waals surface area contributed by atoms with E-state index in [9.17, 15) is 10.1 Å². The van der Waals surface area contributed by atoms with Gasteiger partial charge in [0.1, 0.15) is 11.0 Å². The second-order valence-electron chi connectivity index (χ2n) is 7.17. The first-order valence-corrected chi connectivity index (χ1v) is 8.27. The van der Waals surface area contributed by atoms with Gasteiger partial charge < -0.3 is 10.1 Å². The average molecular weight is 336 g/mol. The van der Waals surface area contributed by atoms with Crippen LogP contribution in [0.25, 0.3) is 0 Å². The van der Waals surface area contributed by atoms with E-state index >= 15 is 0 Å². The first-order chi connectivity index (χ1) is 11.8. The van der Waals surface area contributed by atoms with Crippen LogP contribution in [0.1, 0.15) is 44.9 Å². The molecule has 0 fully saturated rings. The number of nitrogens with one attached hydrogen (secondary N) is 1. The van der Waals surface area contributed by atoms with Crippen LogP contribution < -0.4 is 5.32 Å². The summed E-state index contributed by atoms with van der Waals surface area (Å²) in [5.74, 6) is 0. The number of carbonyl (C=O) groups excluding carboxylic acids is 1. The van der Waals surface area contributed by atoms with Crippen molar-refractivity contribution in [2.24, 2.45) is 0 Å². The molecule has 0 aliphatic heterocycles. The van der Waals surface area contributed by atoms with Gasteiger partial charge in [-0.2, -0.15) is 5.26 Å². The second-order valence-corrected chi connectivity index (χ2v) is 7.17. The van der Waals surface area contributed by atoms with Crippen LogP contribution >= 0.6 is 0 Å². The Morgan fingerprint density at radius 1 is 1.00 bits per heavy atom. The molecule has 130 valence electrons. The lowest BCUT2D eigenvalue weighted by Crippen LogP contribution is -2.43. The molecule has 4 heteroatoms. The van der Waals surface area contributed by atoms with Gasteiger partial charge in [0.15, 0.2) is 0 Å². The first kappa shape index (κ1) is 18.5. The summed E-state index contributed by atoms with van der Waals surface area (Å²) in [6, 6.07) is 20.8. The van der Waals surface area contributed by atoms with E-state index in [-0.39, 0.29) is 0 Å². The molecular weight excluding hydrogens is 312 g/mol. The summed E-state index contributed by atoms with van der Waals surface area (Å²) >= 11 is 0. The fourth-order valence-corrected chi connectivity index (χ4v) is 2.71. The van der Waals surface area contributed by atoms with Crippen molar-refractivity contribution >= 4 is 6.09 Å². The van der Waals surface area contributed by atoms with Crippen molar-refractivity contribution < 1.29 is 9.53 Å². The van der Waals surface area contributed by atoms with Gasteiger partial charge in [-0.05, 0) is 38.8 Å². The van der Waals surface area contributed by atoms with Gasteiger partial charge in [-0.15, -0.1) is 0 Å². The van der Waals surface area contributed by atoms with E-state index in [1.165, 1.54) is 0 Å². The third-order valence-electron chi connectivity index (χ3n) is 3.98. The van der Waals surface area contributed by atoms with Crippen LogP contribution in [0.2, 0.25) is 0 Å². The molecule has 0 heterocycles. The minimum absolute atomic E-state index is 0.543. The molecule has 0 bridgehead atoms. The molecular formula is C21H24N2O2. The van der Waals surface area contributed by atoms with Gasteiger partial charge in [-0.1, -0.05) is 60.7 Å². The monoisotopic (exact) mass is 336 g/mol. The number of carbonyl (C=O) groups is 1. The Labute approximate surface area is 149 Å². The molecule has 25 heavy (non-hydrogen) atoms. The van der Waals surface area contributed by atoms with Crippen LogP contribution in [0.3, 0.4) is 0 Å². The van der Waals surface area contributed by atoms with Crippen molar-refractivity contribution in [2.75, 3.05) is 0 Å². The number of benzene rings is 2. The molecule has 2 aromatic rings. The fourth-order valence-electron chi connectivity index (χ4n) is 2.71. The third-order valence-corrected chi connectivity index (χ3v) is 3.98. The molecule has 0 aromatic heterocycles. The summed E-state index contributed by atoms with van der Waals surface area (Å²) < 4.78 is 5.41. The van der Waals surface area contributed by atoms with Crippen molar-refractivity contribution in [3.05, 3.63) is 71.8 Å². The minimum atomic E-state index is -0.945. The Kier molecular flexibility index (Phi) is 5.48.